The van der Waals surface area contributed by atoms with Gasteiger partial charge in [-0.15, -0.1) is 0 Å². The number of aliphatic carboxylic acids is 1. The maximum atomic E-state index is 12.4. The van der Waals surface area contributed by atoms with E-state index in [-0.39, 0.29) is 12.5 Å². The first-order valence-electron chi connectivity index (χ1n) is 7.48. The van der Waals surface area contributed by atoms with Crippen LogP contribution in [0.25, 0.3) is 0 Å². The summed E-state index contributed by atoms with van der Waals surface area (Å²) in [6, 6.07) is 0. The lowest BCUT2D eigenvalue weighted by atomic mass is 9.54. The fourth-order valence-corrected chi connectivity index (χ4v) is 2.96. The maximum absolute atomic E-state index is 12.4. The number of nitrogens with zero attached hydrogens (tertiary/aromatic N) is 2. The van der Waals surface area contributed by atoms with Crippen LogP contribution in [0.4, 0.5) is 0 Å². The quantitative estimate of drug-likeness (QED) is 0.826. The molecule has 2 atom stereocenters. The molecule has 0 unspecified atom stereocenters. The smallest absolute Gasteiger partial charge is 0.330 e. The molecule has 122 valence electrons. The van der Waals surface area contributed by atoms with Crippen LogP contribution in [0.2, 0.25) is 0 Å². The number of carboxylic acids is 1. The van der Waals surface area contributed by atoms with Crippen molar-refractivity contribution in [2.45, 2.75) is 52.3 Å². The van der Waals surface area contributed by atoms with Crippen molar-refractivity contribution in [1.29, 1.82) is 0 Å². The van der Waals surface area contributed by atoms with Gasteiger partial charge in [0.05, 0.1) is 17.9 Å². The lowest BCUT2D eigenvalue weighted by Gasteiger charge is -2.58. The van der Waals surface area contributed by atoms with Crippen molar-refractivity contribution in [2.24, 2.45) is 5.41 Å². The number of aromatic nitrogens is 2. The standard InChI is InChI=1S/C15H23N3O4/c1-5-18-9-10(8-16-18)12(19)17-15(13(20)21)7-11(22-6-2)14(15,3)4/h8-9,11H,5-7H2,1-4H3,(H,17,19)(H,20,21)/t11-,15+/m1/s1. The zero-order valence-corrected chi connectivity index (χ0v) is 13.4. The second-order valence-electron chi connectivity index (χ2n) is 6.12. The molecule has 0 aliphatic heterocycles. The van der Waals surface area contributed by atoms with Gasteiger partial charge in [-0.2, -0.15) is 5.10 Å². The number of nitrogens with one attached hydrogen (secondary N) is 1. The summed E-state index contributed by atoms with van der Waals surface area (Å²) in [7, 11) is 0. The van der Waals surface area contributed by atoms with E-state index in [4.69, 9.17) is 4.74 Å². The average Bonchev–Trinajstić information content (AvgIpc) is 2.94. The Labute approximate surface area is 129 Å². The molecule has 0 spiro atoms. The summed E-state index contributed by atoms with van der Waals surface area (Å²) in [5.74, 6) is -1.46. The third-order valence-electron chi connectivity index (χ3n) is 4.68. The van der Waals surface area contributed by atoms with Crippen molar-refractivity contribution in [3.8, 4) is 0 Å². The molecule has 1 aromatic rings. The molecule has 1 fully saturated rings. The molecule has 0 aromatic carbocycles. The van der Waals surface area contributed by atoms with Crippen molar-refractivity contribution in [2.75, 3.05) is 6.61 Å². The first kappa shape index (κ1) is 16.5. The number of aryl methyl sites for hydroxylation is 1. The molecule has 1 heterocycles. The van der Waals surface area contributed by atoms with Crippen molar-refractivity contribution in [1.82, 2.24) is 15.1 Å². The third kappa shape index (κ3) is 2.39. The summed E-state index contributed by atoms with van der Waals surface area (Å²) in [4.78, 5) is 24.2. The number of carboxylic acid groups (broad SMARTS) is 1. The number of amides is 1. The molecule has 7 heteroatoms. The Balaban J connectivity index is 2.20. The van der Waals surface area contributed by atoms with Gasteiger partial charge in [0.15, 0.2) is 0 Å². The summed E-state index contributed by atoms with van der Waals surface area (Å²) in [5.41, 5.74) is -1.65. The Morgan fingerprint density at radius 1 is 1.50 bits per heavy atom. The van der Waals surface area contributed by atoms with Gasteiger partial charge in [0, 0.05) is 31.2 Å². The van der Waals surface area contributed by atoms with E-state index in [2.05, 4.69) is 10.4 Å². The SMILES string of the molecule is CCO[C@@H]1C[C@](NC(=O)c2cnn(CC)c2)(C(=O)O)C1(C)C. The van der Waals surface area contributed by atoms with Gasteiger partial charge in [-0.3, -0.25) is 9.48 Å². The Morgan fingerprint density at radius 2 is 2.18 bits per heavy atom. The molecular weight excluding hydrogens is 286 g/mol. The molecule has 22 heavy (non-hydrogen) atoms. The molecule has 1 aliphatic rings. The zero-order valence-electron chi connectivity index (χ0n) is 13.4. The number of ether oxygens (including phenoxy) is 1. The molecule has 1 amide bonds. The molecule has 2 N–H and O–H groups in total. The Morgan fingerprint density at radius 3 is 2.64 bits per heavy atom. The Kier molecular flexibility index (Phi) is 4.28. The first-order chi connectivity index (χ1) is 10.3. The summed E-state index contributed by atoms with van der Waals surface area (Å²) < 4.78 is 7.20. The number of carbonyl (C=O) groups excluding carboxylic acids is 1. The molecule has 0 bridgehead atoms. The number of hydrogen-bond acceptors (Lipinski definition) is 4. The lowest BCUT2D eigenvalue weighted by Crippen LogP contribution is -2.76. The van der Waals surface area contributed by atoms with E-state index in [1.807, 2.05) is 13.8 Å². The topological polar surface area (TPSA) is 93.5 Å². The van der Waals surface area contributed by atoms with Gasteiger partial charge in [0.25, 0.3) is 5.91 Å². The molecule has 0 saturated heterocycles. The highest BCUT2D eigenvalue weighted by molar-refractivity contribution is 5.98. The molecule has 1 saturated carbocycles. The average molecular weight is 309 g/mol. The van der Waals surface area contributed by atoms with Crippen LogP contribution in [0.5, 0.6) is 0 Å². The summed E-state index contributed by atoms with van der Waals surface area (Å²) in [5, 5.41) is 16.4. The second kappa shape index (κ2) is 5.72. The molecule has 0 radical (unpaired) electrons. The van der Waals surface area contributed by atoms with Crippen molar-refractivity contribution in [3.63, 3.8) is 0 Å². The fourth-order valence-electron chi connectivity index (χ4n) is 2.96. The Hall–Kier alpha value is -1.89. The molecule has 1 aromatic heterocycles. The summed E-state index contributed by atoms with van der Waals surface area (Å²) in [6.45, 7) is 8.56. The minimum absolute atomic E-state index is 0.188. The highest BCUT2D eigenvalue weighted by Crippen LogP contribution is 2.51. The van der Waals surface area contributed by atoms with Crippen molar-refractivity contribution < 1.29 is 19.4 Å². The van der Waals surface area contributed by atoms with Crippen LogP contribution in [0.3, 0.4) is 0 Å². The van der Waals surface area contributed by atoms with E-state index < -0.39 is 22.8 Å². The van der Waals surface area contributed by atoms with Gasteiger partial charge in [-0.05, 0) is 13.8 Å². The lowest BCUT2D eigenvalue weighted by molar-refractivity contribution is -0.190. The maximum Gasteiger partial charge on any atom is 0.330 e. The highest BCUT2D eigenvalue weighted by Gasteiger charge is 2.66. The van der Waals surface area contributed by atoms with Crippen LogP contribution in [-0.2, 0) is 16.1 Å². The number of hydrogen-bond donors (Lipinski definition) is 2. The van der Waals surface area contributed by atoms with Crippen molar-refractivity contribution in [3.05, 3.63) is 18.0 Å². The molecule has 7 nitrogen and oxygen atoms in total. The monoisotopic (exact) mass is 309 g/mol. The van der Waals surface area contributed by atoms with Crippen LogP contribution in [0, 0.1) is 5.41 Å². The van der Waals surface area contributed by atoms with Crippen LogP contribution in [-0.4, -0.2) is 45.0 Å². The second-order valence-corrected chi connectivity index (χ2v) is 6.12. The van der Waals surface area contributed by atoms with Crippen molar-refractivity contribution >= 4 is 11.9 Å². The van der Waals surface area contributed by atoms with Crippen LogP contribution in [0.1, 0.15) is 44.5 Å². The van der Waals surface area contributed by atoms with Crippen LogP contribution < -0.4 is 5.32 Å². The van der Waals surface area contributed by atoms with E-state index in [1.165, 1.54) is 6.20 Å². The predicted molar refractivity (Wildman–Crippen MR) is 79.5 cm³/mol. The highest BCUT2D eigenvalue weighted by atomic mass is 16.5. The Bertz CT molecular complexity index is 581. The molecule has 2 rings (SSSR count). The van der Waals surface area contributed by atoms with Gasteiger partial charge in [0.1, 0.15) is 5.54 Å². The normalized spacial score (nSPS) is 26.3. The first-order valence-corrected chi connectivity index (χ1v) is 7.48. The van der Waals surface area contributed by atoms with Crippen LogP contribution >= 0.6 is 0 Å². The summed E-state index contributed by atoms with van der Waals surface area (Å²) in [6.07, 6.45) is 3.13. The molecule has 1 aliphatic carbocycles. The van der Waals surface area contributed by atoms with Gasteiger partial charge in [-0.25, -0.2) is 4.79 Å². The fraction of sp³-hybridized carbons (Fsp3) is 0.667. The van der Waals surface area contributed by atoms with E-state index in [0.29, 0.717) is 18.7 Å². The molecular formula is C15H23N3O4. The van der Waals surface area contributed by atoms with Gasteiger partial charge < -0.3 is 15.2 Å². The van der Waals surface area contributed by atoms with Gasteiger partial charge in [0.2, 0.25) is 0 Å². The zero-order chi connectivity index (χ0) is 16.5. The van der Waals surface area contributed by atoms with E-state index in [1.54, 1.807) is 24.7 Å². The van der Waals surface area contributed by atoms with Gasteiger partial charge in [-0.1, -0.05) is 13.8 Å². The predicted octanol–water partition coefficient (Wildman–Crippen LogP) is 1.29. The summed E-state index contributed by atoms with van der Waals surface area (Å²) >= 11 is 0. The van der Waals surface area contributed by atoms with E-state index >= 15 is 0 Å². The minimum Gasteiger partial charge on any atom is -0.479 e. The van der Waals surface area contributed by atoms with Gasteiger partial charge >= 0.3 is 5.97 Å². The largest absolute Gasteiger partial charge is 0.479 e. The number of carbonyl (C=O) groups is 2. The third-order valence-corrected chi connectivity index (χ3v) is 4.68. The van der Waals surface area contributed by atoms with Crippen LogP contribution in [0.15, 0.2) is 12.4 Å². The minimum atomic E-state index is -1.32. The number of rotatable bonds is 6. The van der Waals surface area contributed by atoms with E-state index in [9.17, 15) is 14.7 Å². The van der Waals surface area contributed by atoms with E-state index in [0.717, 1.165) is 0 Å².